The minimum absolute atomic E-state index is 0.0753. The van der Waals surface area contributed by atoms with E-state index in [9.17, 15) is 13.2 Å². The van der Waals surface area contributed by atoms with E-state index >= 15 is 0 Å². The molecule has 1 aliphatic heterocycles. The first-order valence-corrected chi connectivity index (χ1v) is 9.52. The highest BCUT2D eigenvalue weighted by molar-refractivity contribution is 7.89. The summed E-state index contributed by atoms with van der Waals surface area (Å²) in [5.41, 5.74) is 2.44. The molecule has 1 aromatic rings. The third kappa shape index (κ3) is 5.60. The molecule has 0 radical (unpaired) electrons. The summed E-state index contributed by atoms with van der Waals surface area (Å²) in [6.07, 6.45) is 2.11. The molecule has 6 nitrogen and oxygen atoms in total. The number of carbonyl (C=O) groups is 1. The van der Waals surface area contributed by atoms with Crippen molar-refractivity contribution in [3.63, 3.8) is 0 Å². The molecule has 0 spiro atoms. The first-order chi connectivity index (χ1) is 10.9. The molecule has 0 bridgehead atoms. The van der Waals surface area contributed by atoms with Gasteiger partial charge in [-0.25, -0.2) is 13.6 Å². The normalized spacial score (nSPS) is 19.5. The van der Waals surface area contributed by atoms with Crippen molar-refractivity contribution in [3.05, 3.63) is 35.4 Å². The standard InChI is InChI=1S/C16H25N3O3S/c1-13-5-2-3-6-14(13)8-9-18-16(20)12-19-10-4-7-15(11-19)23(17,21)22/h2-3,5-6,15H,4,7-12H2,1H3,(H,18,20)(H2,17,21,22). The van der Waals surface area contributed by atoms with Gasteiger partial charge in [0.05, 0.1) is 11.8 Å². The average Bonchev–Trinajstić information content (AvgIpc) is 2.48. The molecule has 7 heteroatoms. The number of hydrogen-bond donors (Lipinski definition) is 2. The van der Waals surface area contributed by atoms with Crippen LogP contribution >= 0.6 is 0 Å². The molecule has 1 atom stereocenters. The summed E-state index contributed by atoms with van der Waals surface area (Å²) in [7, 11) is -3.53. The maximum absolute atomic E-state index is 12.0. The monoisotopic (exact) mass is 339 g/mol. The fraction of sp³-hybridized carbons (Fsp3) is 0.562. The number of piperidine rings is 1. The van der Waals surface area contributed by atoms with Crippen LogP contribution in [0.5, 0.6) is 0 Å². The summed E-state index contributed by atoms with van der Waals surface area (Å²) in [5, 5.41) is 7.55. The van der Waals surface area contributed by atoms with Gasteiger partial charge in [-0.2, -0.15) is 0 Å². The second-order valence-corrected chi connectivity index (χ2v) is 7.96. The third-order valence-corrected chi connectivity index (χ3v) is 5.59. The topological polar surface area (TPSA) is 92.5 Å². The van der Waals surface area contributed by atoms with Gasteiger partial charge in [-0.05, 0) is 43.9 Å². The van der Waals surface area contributed by atoms with Crippen molar-refractivity contribution in [3.8, 4) is 0 Å². The lowest BCUT2D eigenvalue weighted by Gasteiger charge is -2.30. The highest BCUT2D eigenvalue weighted by Gasteiger charge is 2.28. The number of hydrogen-bond acceptors (Lipinski definition) is 4. The molecule has 1 heterocycles. The van der Waals surface area contributed by atoms with Gasteiger partial charge in [0.25, 0.3) is 0 Å². The highest BCUT2D eigenvalue weighted by Crippen LogP contribution is 2.14. The van der Waals surface area contributed by atoms with E-state index in [1.807, 2.05) is 17.0 Å². The molecule has 0 aromatic heterocycles. The van der Waals surface area contributed by atoms with Crippen LogP contribution in [-0.2, 0) is 21.2 Å². The predicted octanol–water partition coefficient (Wildman–Crippen LogP) is 0.407. The van der Waals surface area contributed by atoms with E-state index in [2.05, 4.69) is 24.4 Å². The number of likely N-dealkylation sites (tertiary alicyclic amines) is 1. The Hall–Kier alpha value is -1.44. The summed E-state index contributed by atoms with van der Waals surface area (Å²) in [4.78, 5) is 13.9. The van der Waals surface area contributed by atoms with Crippen LogP contribution in [0.25, 0.3) is 0 Å². The van der Waals surface area contributed by atoms with Crippen molar-refractivity contribution in [2.45, 2.75) is 31.4 Å². The first-order valence-electron chi connectivity index (χ1n) is 7.91. The Morgan fingerprint density at radius 3 is 2.83 bits per heavy atom. The number of amides is 1. The Labute approximate surface area is 138 Å². The Morgan fingerprint density at radius 2 is 2.13 bits per heavy atom. The molecule has 1 amide bonds. The molecular weight excluding hydrogens is 314 g/mol. The van der Waals surface area contributed by atoms with Gasteiger partial charge in [0.1, 0.15) is 0 Å². The predicted molar refractivity (Wildman–Crippen MR) is 90.5 cm³/mol. The van der Waals surface area contributed by atoms with Crippen LogP contribution in [0.15, 0.2) is 24.3 Å². The zero-order valence-corrected chi connectivity index (χ0v) is 14.3. The molecular formula is C16H25N3O3S. The average molecular weight is 339 g/mol. The molecule has 1 unspecified atom stereocenters. The number of nitrogens with one attached hydrogen (secondary N) is 1. The molecule has 128 valence electrons. The summed E-state index contributed by atoms with van der Waals surface area (Å²) < 4.78 is 22.9. The molecule has 1 aromatic carbocycles. The lowest BCUT2D eigenvalue weighted by Crippen LogP contribution is -2.48. The van der Waals surface area contributed by atoms with Crippen molar-refractivity contribution in [2.75, 3.05) is 26.2 Å². The molecule has 1 fully saturated rings. The fourth-order valence-corrected chi connectivity index (χ4v) is 3.82. The van der Waals surface area contributed by atoms with E-state index in [1.54, 1.807) is 0 Å². The number of primary sulfonamides is 1. The van der Waals surface area contributed by atoms with E-state index in [0.717, 1.165) is 19.4 Å². The number of benzene rings is 1. The van der Waals surface area contributed by atoms with Crippen molar-refractivity contribution < 1.29 is 13.2 Å². The minimum Gasteiger partial charge on any atom is -0.355 e. The van der Waals surface area contributed by atoms with Gasteiger partial charge in [0, 0.05) is 13.1 Å². The maximum atomic E-state index is 12.0. The Morgan fingerprint density at radius 1 is 1.39 bits per heavy atom. The Balaban J connectivity index is 1.75. The lowest BCUT2D eigenvalue weighted by molar-refractivity contribution is -0.122. The fourth-order valence-electron chi connectivity index (χ4n) is 2.91. The number of rotatable bonds is 6. The van der Waals surface area contributed by atoms with E-state index in [4.69, 9.17) is 5.14 Å². The number of nitrogens with two attached hydrogens (primary N) is 1. The zero-order valence-electron chi connectivity index (χ0n) is 13.5. The van der Waals surface area contributed by atoms with Crippen LogP contribution in [0.3, 0.4) is 0 Å². The summed E-state index contributed by atoms with van der Waals surface area (Å²) in [6, 6.07) is 8.10. The Kier molecular flexibility index (Phi) is 6.15. The Bertz CT molecular complexity index is 646. The van der Waals surface area contributed by atoms with Crippen LogP contribution in [-0.4, -0.2) is 50.7 Å². The summed E-state index contributed by atoms with van der Waals surface area (Å²) >= 11 is 0. The molecule has 0 aliphatic carbocycles. The second kappa shape index (κ2) is 7.90. The lowest BCUT2D eigenvalue weighted by atomic mass is 10.1. The van der Waals surface area contributed by atoms with Crippen molar-refractivity contribution in [1.29, 1.82) is 0 Å². The van der Waals surface area contributed by atoms with Crippen LogP contribution in [0.4, 0.5) is 0 Å². The van der Waals surface area contributed by atoms with Crippen LogP contribution < -0.4 is 10.5 Å². The first kappa shape index (κ1) is 17.9. The van der Waals surface area contributed by atoms with E-state index < -0.39 is 15.3 Å². The number of aryl methyl sites for hydroxylation is 1. The van der Waals surface area contributed by atoms with Gasteiger partial charge >= 0.3 is 0 Å². The van der Waals surface area contributed by atoms with Gasteiger partial charge in [-0.3, -0.25) is 9.69 Å². The maximum Gasteiger partial charge on any atom is 0.234 e. The largest absolute Gasteiger partial charge is 0.355 e. The van der Waals surface area contributed by atoms with Crippen LogP contribution in [0.2, 0.25) is 0 Å². The smallest absolute Gasteiger partial charge is 0.234 e. The molecule has 3 N–H and O–H groups in total. The highest BCUT2D eigenvalue weighted by atomic mass is 32.2. The van der Waals surface area contributed by atoms with Gasteiger partial charge in [0.15, 0.2) is 0 Å². The number of sulfonamides is 1. The van der Waals surface area contributed by atoms with Crippen molar-refractivity contribution in [1.82, 2.24) is 10.2 Å². The van der Waals surface area contributed by atoms with Gasteiger partial charge in [0.2, 0.25) is 15.9 Å². The zero-order chi connectivity index (χ0) is 16.9. The number of carbonyl (C=O) groups excluding carboxylic acids is 1. The molecule has 1 aliphatic rings. The SMILES string of the molecule is Cc1ccccc1CCNC(=O)CN1CCCC(S(N)(=O)=O)C1. The summed E-state index contributed by atoms with van der Waals surface area (Å²) in [5.74, 6) is -0.0753. The third-order valence-electron chi connectivity index (χ3n) is 4.27. The van der Waals surface area contributed by atoms with Crippen LogP contribution in [0.1, 0.15) is 24.0 Å². The molecule has 23 heavy (non-hydrogen) atoms. The van der Waals surface area contributed by atoms with Gasteiger partial charge < -0.3 is 5.32 Å². The number of nitrogens with zero attached hydrogens (tertiary/aromatic N) is 1. The minimum atomic E-state index is -3.53. The quantitative estimate of drug-likeness (QED) is 0.785. The van der Waals surface area contributed by atoms with Gasteiger partial charge in [-0.1, -0.05) is 24.3 Å². The van der Waals surface area contributed by atoms with E-state index in [-0.39, 0.29) is 12.5 Å². The van der Waals surface area contributed by atoms with Crippen molar-refractivity contribution in [2.24, 2.45) is 5.14 Å². The molecule has 2 rings (SSSR count). The second-order valence-electron chi connectivity index (χ2n) is 6.11. The van der Waals surface area contributed by atoms with Crippen LogP contribution in [0, 0.1) is 6.92 Å². The molecule has 1 saturated heterocycles. The summed E-state index contributed by atoms with van der Waals surface area (Å²) in [6.45, 7) is 3.93. The van der Waals surface area contributed by atoms with E-state index in [0.29, 0.717) is 19.5 Å². The van der Waals surface area contributed by atoms with Gasteiger partial charge in [-0.15, -0.1) is 0 Å². The van der Waals surface area contributed by atoms with Crippen molar-refractivity contribution >= 4 is 15.9 Å². The molecule has 0 saturated carbocycles. The van der Waals surface area contributed by atoms with E-state index in [1.165, 1.54) is 11.1 Å².